The van der Waals surface area contributed by atoms with Crippen LogP contribution in [-0.4, -0.2) is 14.2 Å². The van der Waals surface area contributed by atoms with Gasteiger partial charge in [-0.3, -0.25) is 0 Å². The normalized spacial score (nSPS) is 12.8. The van der Waals surface area contributed by atoms with Crippen LogP contribution in [0.5, 0.6) is 0 Å². The second-order valence-electron chi connectivity index (χ2n) is 4.05. The molecule has 0 radical (unpaired) electrons. The Labute approximate surface area is 88.1 Å². The van der Waals surface area contributed by atoms with E-state index in [9.17, 15) is 16.7 Å². The van der Waals surface area contributed by atoms with E-state index in [-0.39, 0.29) is 5.56 Å². The van der Waals surface area contributed by atoms with Gasteiger partial charge in [-0.25, -0.2) is 4.39 Å². The van der Waals surface area contributed by atoms with Crippen LogP contribution in [-0.2, 0) is 15.6 Å². The number of halogens is 2. The fourth-order valence-corrected chi connectivity index (χ4v) is 2.54. The Hall–Kier alpha value is -0.970. The van der Waals surface area contributed by atoms with Gasteiger partial charge in [0.05, 0.1) is 5.75 Å². The first-order valence-electron chi connectivity index (χ1n) is 4.40. The van der Waals surface area contributed by atoms with Crippen molar-refractivity contribution in [3.63, 3.8) is 0 Å². The van der Waals surface area contributed by atoms with E-state index in [0.29, 0.717) is 0 Å². The summed E-state index contributed by atoms with van der Waals surface area (Å²) >= 11 is 0. The standard InChI is InChI=1S/C10H12F2O2S/c1-10(2,7-15(12,13)14)8-5-3-4-6-9(8)11/h3-6H,7H2,1-2H3. The van der Waals surface area contributed by atoms with Gasteiger partial charge in [0, 0.05) is 5.41 Å². The maximum Gasteiger partial charge on any atom is 0.303 e. The molecular weight excluding hydrogens is 222 g/mol. The highest BCUT2D eigenvalue weighted by Crippen LogP contribution is 2.27. The summed E-state index contributed by atoms with van der Waals surface area (Å²) in [6.07, 6.45) is 0. The summed E-state index contributed by atoms with van der Waals surface area (Å²) in [5.41, 5.74) is -0.870. The van der Waals surface area contributed by atoms with Crippen molar-refractivity contribution in [2.45, 2.75) is 19.3 Å². The molecule has 5 heteroatoms. The van der Waals surface area contributed by atoms with E-state index < -0.39 is 27.2 Å². The molecular formula is C10H12F2O2S. The van der Waals surface area contributed by atoms with Gasteiger partial charge in [-0.1, -0.05) is 32.0 Å². The quantitative estimate of drug-likeness (QED) is 0.752. The first-order valence-corrected chi connectivity index (χ1v) is 5.95. The third-order valence-corrected chi connectivity index (χ3v) is 3.20. The smallest absolute Gasteiger partial charge is 0.207 e. The van der Waals surface area contributed by atoms with Crippen molar-refractivity contribution in [3.8, 4) is 0 Å². The molecule has 0 saturated heterocycles. The lowest BCUT2D eigenvalue weighted by Crippen LogP contribution is -2.27. The average molecular weight is 234 g/mol. The third-order valence-electron chi connectivity index (χ3n) is 2.14. The van der Waals surface area contributed by atoms with Crippen LogP contribution in [0.3, 0.4) is 0 Å². The molecule has 2 nitrogen and oxygen atoms in total. The van der Waals surface area contributed by atoms with E-state index in [2.05, 4.69) is 0 Å². The van der Waals surface area contributed by atoms with Crippen molar-refractivity contribution in [1.82, 2.24) is 0 Å². The Bertz CT molecular complexity index is 452. The molecule has 1 aromatic rings. The van der Waals surface area contributed by atoms with Gasteiger partial charge in [0.15, 0.2) is 0 Å². The molecule has 0 heterocycles. The van der Waals surface area contributed by atoms with Crippen LogP contribution < -0.4 is 0 Å². The molecule has 84 valence electrons. The fraction of sp³-hybridized carbons (Fsp3) is 0.400. The van der Waals surface area contributed by atoms with Crippen molar-refractivity contribution >= 4 is 10.2 Å². The summed E-state index contributed by atoms with van der Waals surface area (Å²) in [6, 6.07) is 5.77. The van der Waals surface area contributed by atoms with E-state index in [0.717, 1.165) is 0 Å². The summed E-state index contributed by atoms with van der Waals surface area (Å²) < 4.78 is 47.0. The second-order valence-corrected chi connectivity index (χ2v) is 5.41. The first-order chi connectivity index (χ1) is 6.72. The lowest BCUT2D eigenvalue weighted by atomic mass is 9.86. The molecule has 15 heavy (non-hydrogen) atoms. The predicted molar refractivity (Wildman–Crippen MR) is 54.3 cm³/mol. The van der Waals surface area contributed by atoms with Crippen LogP contribution in [0.1, 0.15) is 19.4 Å². The molecule has 0 aliphatic carbocycles. The van der Waals surface area contributed by atoms with Gasteiger partial charge < -0.3 is 0 Å². The second kappa shape index (κ2) is 3.89. The monoisotopic (exact) mass is 234 g/mol. The molecule has 0 saturated carbocycles. The zero-order chi connectivity index (χ0) is 11.7. The third kappa shape index (κ3) is 3.27. The van der Waals surface area contributed by atoms with E-state index in [1.54, 1.807) is 6.07 Å². The first kappa shape index (κ1) is 12.1. The fourth-order valence-electron chi connectivity index (χ4n) is 1.52. The summed E-state index contributed by atoms with van der Waals surface area (Å²) in [4.78, 5) is 0. The minimum atomic E-state index is -4.61. The highest BCUT2D eigenvalue weighted by Gasteiger charge is 2.30. The van der Waals surface area contributed by atoms with Crippen LogP contribution in [0.25, 0.3) is 0 Å². The minimum absolute atomic E-state index is 0.200. The molecule has 0 unspecified atom stereocenters. The van der Waals surface area contributed by atoms with Gasteiger partial charge >= 0.3 is 10.2 Å². The highest BCUT2D eigenvalue weighted by molar-refractivity contribution is 7.86. The van der Waals surface area contributed by atoms with Gasteiger partial charge in [0.2, 0.25) is 0 Å². The van der Waals surface area contributed by atoms with Gasteiger partial charge in [-0.05, 0) is 11.6 Å². The Morgan fingerprint density at radius 1 is 1.27 bits per heavy atom. The van der Waals surface area contributed by atoms with E-state index in [4.69, 9.17) is 0 Å². The largest absolute Gasteiger partial charge is 0.303 e. The molecule has 0 bridgehead atoms. The van der Waals surface area contributed by atoms with Crippen molar-refractivity contribution < 1.29 is 16.7 Å². The van der Waals surface area contributed by atoms with Crippen LogP contribution in [0.4, 0.5) is 8.28 Å². The lowest BCUT2D eigenvalue weighted by molar-refractivity contribution is 0.494. The number of rotatable bonds is 3. The molecule has 0 fully saturated rings. The van der Waals surface area contributed by atoms with Gasteiger partial charge in [-0.2, -0.15) is 8.42 Å². The maximum atomic E-state index is 13.3. The SMILES string of the molecule is CC(C)(CS(=O)(=O)F)c1ccccc1F. The Balaban J connectivity index is 3.12. The molecule has 0 aliphatic rings. The Morgan fingerprint density at radius 3 is 2.27 bits per heavy atom. The van der Waals surface area contributed by atoms with Crippen LogP contribution in [0, 0.1) is 5.82 Å². The Morgan fingerprint density at radius 2 is 1.80 bits per heavy atom. The predicted octanol–water partition coefficient (Wildman–Crippen LogP) is 2.40. The van der Waals surface area contributed by atoms with Gasteiger partial charge in [-0.15, -0.1) is 3.89 Å². The zero-order valence-electron chi connectivity index (χ0n) is 8.50. The minimum Gasteiger partial charge on any atom is -0.207 e. The summed E-state index contributed by atoms with van der Waals surface area (Å²) in [5, 5.41) is 0. The van der Waals surface area contributed by atoms with Crippen molar-refractivity contribution in [2.24, 2.45) is 0 Å². The maximum absolute atomic E-state index is 13.3. The lowest BCUT2D eigenvalue weighted by Gasteiger charge is -2.23. The van der Waals surface area contributed by atoms with E-state index >= 15 is 0 Å². The number of benzene rings is 1. The molecule has 1 aromatic carbocycles. The van der Waals surface area contributed by atoms with Gasteiger partial charge in [0.1, 0.15) is 5.82 Å². The number of hydrogen-bond acceptors (Lipinski definition) is 2. The Kier molecular flexibility index (Phi) is 3.13. The van der Waals surface area contributed by atoms with Crippen molar-refractivity contribution in [2.75, 3.05) is 5.75 Å². The molecule has 0 atom stereocenters. The van der Waals surface area contributed by atoms with E-state index in [1.807, 2.05) is 0 Å². The molecule has 0 aromatic heterocycles. The summed E-state index contributed by atoms with van der Waals surface area (Å²) in [5.74, 6) is -1.24. The molecule has 0 aliphatic heterocycles. The van der Waals surface area contributed by atoms with Crippen molar-refractivity contribution in [3.05, 3.63) is 35.6 Å². The van der Waals surface area contributed by atoms with Gasteiger partial charge in [0.25, 0.3) is 0 Å². The van der Waals surface area contributed by atoms with E-state index in [1.165, 1.54) is 32.0 Å². The summed E-state index contributed by atoms with van der Waals surface area (Å²) in [6.45, 7) is 2.98. The average Bonchev–Trinajstić information content (AvgIpc) is 1.99. The topological polar surface area (TPSA) is 34.1 Å². The summed E-state index contributed by atoms with van der Waals surface area (Å²) in [7, 11) is -4.61. The molecule has 0 amide bonds. The van der Waals surface area contributed by atoms with Crippen molar-refractivity contribution in [1.29, 1.82) is 0 Å². The zero-order valence-corrected chi connectivity index (χ0v) is 9.31. The highest BCUT2D eigenvalue weighted by atomic mass is 32.3. The number of hydrogen-bond donors (Lipinski definition) is 0. The van der Waals surface area contributed by atoms with Crippen LogP contribution in [0.2, 0.25) is 0 Å². The van der Waals surface area contributed by atoms with Crippen LogP contribution in [0.15, 0.2) is 24.3 Å². The molecule has 0 spiro atoms. The van der Waals surface area contributed by atoms with Crippen LogP contribution >= 0.6 is 0 Å². The molecule has 0 N–H and O–H groups in total. The molecule has 1 rings (SSSR count).